The molecule has 0 aromatic heterocycles. The van der Waals surface area contributed by atoms with Crippen LogP contribution in [0.3, 0.4) is 0 Å². The van der Waals surface area contributed by atoms with Crippen molar-refractivity contribution in [3.63, 3.8) is 0 Å². The molecule has 1 N–H and O–H groups in total. The molecule has 0 radical (unpaired) electrons. The SMILES string of the molecule is COc1cc2c(cc1OC1CC(C(F)(F)F)C1)CCN1C[C@@H](OC(C)(C)C)[C@H](O)C[C@H]21. The topological polar surface area (TPSA) is 51.2 Å². The molecule has 31 heavy (non-hydrogen) atoms. The van der Waals surface area contributed by atoms with Gasteiger partial charge in [0.05, 0.1) is 30.8 Å². The van der Waals surface area contributed by atoms with Gasteiger partial charge in [-0.25, -0.2) is 0 Å². The average molecular weight is 444 g/mol. The zero-order valence-electron chi connectivity index (χ0n) is 18.5. The summed E-state index contributed by atoms with van der Waals surface area (Å²) >= 11 is 0. The molecule has 1 aromatic rings. The third-order valence-corrected chi connectivity index (χ3v) is 6.56. The van der Waals surface area contributed by atoms with Crippen molar-refractivity contribution in [2.45, 2.75) is 82.6 Å². The van der Waals surface area contributed by atoms with Crippen LogP contribution in [0.25, 0.3) is 0 Å². The van der Waals surface area contributed by atoms with E-state index in [-0.39, 0.29) is 30.6 Å². The van der Waals surface area contributed by atoms with E-state index >= 15 is 0 Å². The number of hydrogen-bond acceptors (Lipinski definition) is 5. The van der Waals surface area contributed by atoms with Gasteiger partial charge in [-0.1, -0.05) is 0 Å². The van der Waals surface area contributed by atoms with E-state index in [2.05, 4.69) is 4.90 Å². The van der Waals surface area contributed by atoms with Crippen LogP contribution in [0, 0.1) is 5.92 Å². The summed E-state index contributed by atoms with van der Waals surface area (Å²) in [7, 11) is 1.54. The Hall–Kier alpha value is -1.51. The van der Waals surface area contributed by atoms with E-state index in [9.17, 15) is 18.3 Å². The highest BCUT2D eigenvalue weighted by molar-refractivity contribution is 5.50. The second kappa shape index (κ2) is 8.12. The van der Waals surface area contributed by atoms with E-state index in [4.69, 9.17) is 14.2 Å². The molecule has 0 unspecified atom stereocenters. The Morgan fingerprint density at radius 3 is 2.39 bits per heavy atom. The first-order chi connectivity index (χ1) is 14.4. The smallest absolute Gasteiger partial charge is 0.392 e. The van der Waals surface area contributed by atoms with Crippen LogP contribution in [0.2, 0.25) is 0 Å². The molecule has 0 bridgehead atoms. The fraction of sp³-hybridized carbons (Fsp3) is 0.739. The Kier molecular flexibility index (Phi) is 5.94. The third kappa shape index (κ3) is 4.81. The number of benzene rings is 1. The van der Waals surface area contributed by atoms with Gasteiger partial charge in [0.25, 0.3) is 0 Å². The van der Waals surface area contributed by atoms with Crippen molar-refractivity contribution in [2.75, 3.05) is 20.2 Å². The number of fused-ring (bicyclic) bond motifs is 3. The number of aliphatic hydroxyl groups is 1. The van der Waals surface area contributed by atoms with Gasteiger partial charge in [-0.3, -0.25) is 4.90 Å². The van der Waals surface area contributed by atoms with Crippen LogP contribution >= 0.6 is 0 Å². The maximum atomic E-state index is 12.8. The number of halogens is 3. The van der Waals surface area contributed by atoms with Gasteiger partial charge < -0.3 is 19.3 Å². The largest absolute Gasteiger partial charge is 0.493 e. The van der Waals surface area contributed by atoms with Crippen molar-refractivity contribution < 1.29 is 32.5 Å². The highest BCUT2D eigenvalue weighted by Crippen LogP contribution is 2.46. The Morgan fingerprint density at radius 2 is 1.77 bits per heavy atom. The van der Waals surface area contributed by atoms with Crippen LogP contribution in [0.4, 0.5) is 13.2 Å². The van der Waals surface area contributed by atoms with Gasteiger partial charge in [-0.2, -0.15) is 13.2 Å². The van der Waals surface area contributed by atoms with Crippen LogP contribution in [-0.4, -0.2) is 60.3 Å². The molecular formula is C23H32F3NO4. The lowest BCUT2D eigenvalue weighted by atomic mass is 9.81. The summed E-state index contributed by atoms with van der Waals surface area (Å²) in [5, 5.41) is 10.7. The molecule has 5 nitrogen and oxygen atoms in total. The van der Waals surface area contributed by atoms with Crippen molar-refractivity contribution in [1.82, 2.24) is 4.90 Å². The number of methoxy groups -OCH3 is 1. The van der Waals surface area contributed by atoms with E-state index < -0.39 is 24.3 Å². The highest BCUT2D eigenvalue weighted by Gasteiger charge is 2.49. The Bertz CT molecular complexity index is 801. The molecule has 2 fully saturated rings. The maximum absolute atomic E-state index is 12.8. The molecule has 4 rings (SSSR count). The molecule has 2 aliphatic heterocycles. The highest BCUT2D eigenvalue weighted by atomic mass is 19.4. The van der Waals surface area contributed by atoms with Gasteiger partial charge in [0.15, 0.2) is 11.5 Å². The summed E-state index contributed by atoms with van der Waals surface area (Å²) in [5.74, 6) is -0.245. The van der Waals surface area contributed by atoms with Gasteiger partial charge in [-0.05, 0) is 69.7 Å². The molecule has 1 aromatic carbocycles. The van der Waals surface area contributed by atoms with Crippen LogP contribution in [0.1, 0.15) is 57.2 Å². The summed E-state index contributed by atoms with van der Waals surface area (Å²) in [4.78, 5) is 2.34. The molecule has 0 amide bonds. The van der Waals surface area contributed by atoms with Gasteiger partial charge in [0.2, 0.25) is 0 Å². The van der Waals surface area contributed by atoms with E-state index in [1.54, 1.807) is 0 Å². The van der Waals surface area contributed by atoms with E-state index in [0.717, 1.165) is 24.1 Å². The molecule has 1 saturated carbocycles. The standard InChI is InChI=1S/C23H32F3NO4/c1-22(2,3)31-21-12-27-6-5-13-7-20(30-15-8-14(9-15)23(24,25)26)19(29-4)10-16(13)17(27)11-18(21)28/h7,10,14-15,17-18,21,28H,5-6,8-9,11-12H2,1-4H3/t14?,15?,17-,18-,21-/m1/s1. The number of aliphatic hydroxyl groups excluding tert-OH is 1. The van der Waals surface area contributed by atoms with Gasteiger partial charge in [0.1, 0.15) is 6.10 Å². The number of ether oxygens (including phenoxy) is 3. The maximum Gasteiger partial charge on any atom is 0.392 e. The predicted molar refractivity (Wildman–Crippen MR) is 109 cm³/mol. The fourth-order valence-corrected chi connectivity index (χ4v) is 4.92. The van der Waals surface area contributed by atoms with E-state index in [0.29, 0.717) is 24.5 Å². The van der Waals surface area contributed by atoms with Crippen molar-refractivity contribution >= 4 is 0 Å². The second-order valence-corrected chi connectivity index (χ2v) is 9.98. The minimum absolute atomic E-state index is 0.0124. The minimum atomic E-state index is -4.15. The Labute approximate surface area is 181 Å². The first-order valence-electron chi connectivity index (χ1n) is 11.0. The molecule has 174 valence electrons. The van der Waals surface area contributed by atoms with E-state index in [1.807, 2.05) is 32.9 Å². The van der Waals surface area contributed by atoms with Crippen molar-refractivity contribution in [3.05, 3.63) is 23.3 Å². The summed E-state index contributed by atoms with van der Waals surface area (Å²) in [6.45, 7) is 7.46. The van der Waals surface area contributed by atoms with Crippen LogP contribution in [0.15, 0.2) is 12.1 Å². The van der Waals surface area contributed by atoms with E-state index in [1.165, 1.54) is 7.11 Å². The predicted octanol–water partition coefficient (Wildman–Crippen LogP) is 4.26. The number of piperidine rings is 1. The van der Waals surface area contributed by atoms with Crippen molar-refractivity contribution in [3.8, 4) is 11.5 Å². The first kappa shape index (κ1) is 22.7. The molecule has 3 atom stereocenters. The van der Waals surface area contributed by atoms with Gasteiger partial charge in [-0.15, -0.1) is 0 Å². The quantitative estimate of drug-likeness (QED) is 0.754. The lowest BCUT2D eigenvalue weighted by Crippen LogP contribution is -2.53. The lowest BCUT2D eigenvalue weighted by Gasteiger charge is -2.47. The Morgan fingerprint density at radius 1 is 1.06 bits per heavy atom. The number of alkyl halides is 3. The lowest BCUT2D eigenvalue weighted by molar-refractivity contribution is -0.210. The molecular weight excluding hydrogens is 411 g/mol. The Balaban J connectivity index is 1.49. The molecule has 1 saturated heterocycles. The molecule has 2 heterocycles. The average Bonchev–Trinajstić information content (AvgIpc) is 2.62. The molecule has 3 aliphatic rings. The summed E-state index contributed by atoms with van der Waals surface area (Å²) < 4.78 is 55.8. The van der Waals surface area contributed by atoms with Crippen LogP contribution in [-0.2, 0) is 11.2 Å². The van der Waals surface area contributed by atoms with Crippen LogP contribution < -0.4 is 9.47 Å². The summed E-state index contributed by atoms with van der Waals surface area (Å²) in [5.41, 5.74) is 1.87. The second-order valence-electron chi connectivity index (χ2n) is 9.98. The normalized spacial score (nSPS) is 31.4. The zero-order valence-corrected chi connectivity index (χ0v) is 18.5. The fourth-order valence-electron chi connectivity index (χ4n) is 4.92. The van der Waals surface area contributed by atoms with Crippen LogP contribution in [0.5, 0.6) is 11.5 Å². The summed E-state index contributed by atoms with van der Waals surface area (Å²) in [6.07, 6.45) is -4.05. The minimum Gasteiger partial charge on any atom is -0.493 e. The number of hydrogen-bond donors (Lipinski definition) is 1. The van der Waals surface area contributed by atoms with Crippen molar-refractivity contribution in [2.24, 2.45) is 5.92 Å². The monoisotopic (exact) mass is 443 g/mol. The number of nitrogens with zero attached hydrogens (tertiary/aromatic N) is 1. The summed E-state index contributed by atoms with van der Waals surface area (Å²) in [6, 6.07) is 3.90. The number of rotatable bonds is 4. The first-order valence-corrected chi connectivity index (χ1v) is 11.0. The zero-order chi connectivity index (χ0) is 22.6. The van der Waals surface area contributed by atoms with Gasteiger partial charge >= 0.3 is 6.18 Å². The van der Waals surface area contributed by atoms with Crippen molar-refractivity contribution in [1.29, 1.82) is 0 Å². The molecule has 8 heteroatoms. The molecule has 0 spiro atoms. The third-order valence-electron chi connectivity index (χ3n) is 6.56. The molecule has 1 aliphatic carbocycles. The van der Waals surface area contributed by atoms with Gasteiger partial charge in [0, 0.05) is 19.1 Å².